The van der Waals surface area contributed by atoms with E-state index in [9.17, 15) is 0 Å². The lowest BCUT2D eigenvalue weighted by Crippen LogP contribution is -2.33. The van der Waals surface area contributed by atoms with Crippen LogP contribution < -0.4 is 5.32 Å². The topological polar surface area (TPSA) is 35.8 Å². The number of allylic oxidation sites excluding steroid dienone is 2. The highest BCUT2D eigenvalue weighted by Gasteiger charge is 2.49. The number of nitriles is 1. The summed E-state index contributed by atoms with van der Waals surface area (Å²) in [5, 5.41) is 11.9. The Morgan fingerprint density at radius 3 is 2.91 bits per heavy atom. The van der Waals surface area contributed by atoms with Crippen LogP contribution in [0.1, 0.15) is 12.8 Å². The Bertz CT molecular complexity index is 253. The van der Waals surface area contributed by atoms with E-state index in [2.05, 4.69) is 17.6 Å². The molecule has 1 fully saturated rings. The molecule has 0 aromatic carbocycles. The zero-order valence-corrected chi connectivity index (χ0v) is 6.17. The van der Waals surface area contributed by atoms with Gasteiger partial charge < -0.3 is 5.32 Å². The van der Waals surface area contributed by atoms with Crippen molar-refractivity contribution in [3.63, 3.8) is 0 Å². The minimum atomic E-state index is -0.113. The van der Waals surface area contributed by atoms with Gasteiger partial charge in [0.05, 0.1) is 23.7 Å². The van der Waals surface area contributed by atoms with E-state index in [1.54, 1.807) is 0 Å². The molecule has 0 aromatic heterocycles. The van der Waals surface area contributed by atoms with Crippen LogP contribution in [0.3, 0.4) is 0 Å². The van der Waals surface area contributed by atoms with Crippen LogP contribution >= 0.6 is 0 Å². The molecule has 1 aliphatic carbocycles. The van der Waals surface area contributed by atoms with Gasteiger partial charge in [0.2, 0.25) is 0 Å². The van der Waals surface area contributed by atoms with E-state index >= 15 is 0 Å². The maximum absolute atomic E-state index is 8.85. The molecule has 0 aromatic rings. The molecular weight excluding hydrogens is 136 g/mol. The second-order valence-corrected chi connectivity index (χ2v) is 3.09. The summed E-state index contributed by atoms with van der Waals surface area (Å²) in [4.78, 5) is 0. The summed E-state index contributed by atoms with van der Waals surface area (Å²) in [6, 6.07) is 2.55. The molecule has 2 nitrogen and oxygen atoms in total. The van der Waals surface area contributed by atoms with Gasteiger partial charge in [-0.25, -0.2) is 0 Å². The third-order valence-electron chi connectivity index (χ3n) is 2.33. The quantitative estimate of drug-likeness (QED) is 0.600. The lowest BCUT2D eigenvalue weighted by molar-refractivity contribution is 0.509. The summed E-state index contributed by atoms with van der Waals surface area (Å²) < 4.78 is 0. The maximum Gasteiger partial charge on any atom is 0.0811 e. The molecule has 55 valence electrons. The highest BCUT2D eigenvalue weighted by molar-refractivity contribution is 5.24. The molecule has 2 heteroatoms. The normalized spacial score (nSPS) is 30.6. The van der Waals surface area contributed by atoms with Gasteiger partial charge in [-0.15, -0.1) is 0 Å². The van der Waals surface area contributed by atoms with Crippen molar-refractivity contribution >= 4 is 0 Å². The molecule has 0 spiro atoms. The highest BCUT2D eigenvalue weighted by Crippen LogP contribution is 2.48. The van der Waals surface area contributed by atoms with Crippen molar-refractivity contribution in [3.8, 4) is 6.07 Å². The average molecular weight is 145 g/mol. The summed E-state index contributed by atoms with van der Waals surface area (Å²) in [6.45, 7) is 0. The van der Waals surface area contributed by atoms with Crippen molar-refractivity contribution in [2.45, 2.75) is 18.9 Å². The minimum Gasteiger partial charge on any atom is -0.376 e. The second kappa shape index (κ2) is 2.13. The predicted octanol–water partition coefficient (Wildman–Crippen LogP) is 1.14. The predicted molar refractivity (Wildman–Crippen MR) is 41.2 cm³/mol. The van der Waals surface area contributed by atoms with E-state index in [0.29, 0.717) is 0 Å². The third-order valence-corrected chi connectivity index (χ3v) is 2.33. The van der Waals surface area contributed by atoms with Gasteiger partial charge in [-0.05, 0) is 18.9 Å². The first kappa shape index (κ1) is 6.48. The number of dihydropyridines is 1. The SMILES string of the molecule is N#CC1(C2C=CC=[C]N2)CC1. The van der Waals surface area contributed by atoms with Crippen molar-refractivity contribution < 1.29 is 0 Å². The first-order valence-corrected chi connectivity index (χ1v) is 3.80. The number of nitrogens with one attached hydrogen (secondary N) is 1. The second-order valence-electron chi connectivity index (χ2n) is 3.09. The van der Waals surface area contributed by atoms with Crippen molar-refractivity contribution in [2.75, 3.05) is 0 Å². The Balaban J connectivity index is 2.13. The van der Waals surface area contributed by atoms with E-state index in [4.69, 9.17) is 5.26 Å². The van der Waals surface area contributed by atoms with Crippen LogP contribution in [-0.2, 0) is 0 Å². The van der Waals surface area contributed by atoms with Crippen LogP contribution in [0.25, 0.3) is 0 Å². The molecule has 0 saturated heterocycles. The van der Waals surface area contributed by atoms with Crippen LogP contribution in [0.5, 0.6) is 0 Å². The summed E-state index contributed by atoms with van der Waals surface area (Å²) in [7, 11) is 0. The van der Waals surface area contributed by atoms with Crippen molar-refractivity contribution in [1.82, 2.24) is 5.32 Å². The lowest BCUT2D eigenvalue weighted by atomic mass is 9.97. The molecular formula is C9H9N2. The number of nitrogens with zero attached hydrogens (tertiary/aromatic N) is 1. The average Bonchev–Trinajstić information content (AvgIpc) is 2.86. The number of hydrogen-bond acceptors (Lipinski definition) is 2. The molecule has 1 atom stereocenters. The van der Waals surface area contributed by atoms with Crippen LogP contribution in [0.4, 0.5) is 0 Å². The van der Waals surface area contributed by atoms with E-state index < -0.39 is 0 Å². The zero-order valence-electron chi connectivity index (χ0n) is 6.17. The molecule has 2 aliphatic rings. The fourth-order valence-electron chi connectivity index (χ4n) is 1.35. The molecule has 1 N–H and O–H groups in total. The Morgan fingerprint density at radius 2 is 2.45 bits per heavy atom. The fraction of sp³-hybridized carbons (Fsp3) is 0.444. The van der Waals surface area contributed by atoms with Gasteiger partial charge in [-0.2, -0.15) is 5.26 Å². The molecule has 1 unspecified atom stereocenters. The Labute approximate surface area is 66.2 Å². The van der Waals surface area contributed by atoms with E-state index in [-0.39, 0.29) is 11.5 Å². The lowest BCUT2D eigenvalue weighted by Gasteiger charge is -2.19. The first-order chi connectivity index (χ1) is 5.37. The minimum absolute atomic E-state index is 0.113. The van der Waals surface area contributed by atoms with Crippen molar-refractivity contribution in [3.05, 3.63) is 24.4 Å². The molecule has 2 rings (SSSR count). The summed E-state index contributed by atoms with van der Waals surface area (Å²) in [5.74, 6) is 0. The van der Waals surface area contributed by atoms with Gasteiger partial charge in [-0.1, -0.05) is 12.2 Å². The molecule has 1 heterocycles. The first-order valence-electron chi connectivity index (χ1n) is 3.80. The van der Waals surface area contributed by atoms with Crippen LogP contribution in [-0.4, -0.2) is 6.04 Å². The zero-order chi connectivity index (χ0) is 7.73. The summed E-state index contributed by atoms with van der Waals surface area (Å²) in [5.41, 5.74) is -0.113. The molecule has 0 amide bonds. The Kier molecular flexibility index (Phi) is 1.25. The van der Waals surface area contributed by atoms with Crippen molar-refractivity contribution in [2.24, 2.45) is 5.41 Å². The van der Waals surface area contributed by atoms with Crippen LogP contribution in [0.15, 0.2) is 18.2 Å². The summed E-state index contributed by atoms with van der Waals surface area (Å²) >= 11 is 0. The Morgan fingerprint density at radius 1 is 1.64 bits per heavy atom. The molecule has 1 radical (unpaired) electrons. The van der Waals surface area contributed by atoms with E-state index in [0.717, 1.165) is 12.8 Å². The van der Waals surface area contributed by atoms with E-state index in [1.165, 1.54) is 0 Å². The smallest absolute Gasteiger partial charge is 0.0811 e. The number of hydrogen-bond donors (Lipinski definition) is 1. The molecule has 1 saturated carbocycles. The molecule has 0 bridgehead atoms. The monoisotopic (exact) mass is 145 g/mol. The molecule has 1 aliphatic heterocycles. The molecule has 11 heavy (non-hydrogen) atoms. The van der Waals surface area contributed by atoms with Crippen molar-refractivity contribution in [1.29, 1.82) is 5.26 Å². The van der Waals surface area contributed by atoms with Gasteiger partial charge in [-0.3, -0.25) is 0 Å². The van der Waals surface area contributed by atoms with Gasteiger partial charge in [0.1, 0.15) is 0 Å². The van der Waals surface area contributed by atoms with Gasteiger partial charge in [0.25, 0.3) is 0 Å². The summed E-state index contributed by atoms with van der Waals surface area (Å²) in [6.07, 6.45) is 10.7. The number of rotatable bonds is 1. The fourth-order valence-corrected chi connectivity index (χ4v) is 1.35. The van der Waals surface area contributed by atoms with Gasteiger partial charge >= 0.3 is 0 Å². The van der Waals surface area contributed by atoms with Gasteiger partial charge in [0.15, 0.2) is 0 Å². The largest absolute Gasteiger partial charge is 0.376 e. The maximum atomic E-state index is 8.85. The van der Waals surface area contributed by atoms with E-state index in [1.807, 2.05) is 18.2 Å². The highest BCUT2D eigenvalue weighted by atomic mass is 14.9. The standard InChI is InChI=1S/C9H9N2/c10-7-9(4-5-9)8-3-1-2-6-11-8/h1-3,8,11H,4-5H2. The Hall–Kier alpha value is -1.23. The van der Waals surface area contributed by atoms with Crippen LogP contribution in [0, 0.1) is 22.9 Å². The third kappa shape index (κ3) is 0.932. The van der Waals surface area contributed by atoms with Crippen LogP contribution in [0.2, 0.25) is 0 Å². The van der Waals surface area contributed by atoms with Gasteiger partial charge in [0, 0.05) is 0 Å².